The Labute approximate surface area is 170 Å². The molecule has 0 fully saturated rings. The summed E-state index contributed by atoms with van der Waals surface area (Å²) in [7, 11) is 0. The molecule has 0 bridgehead atoms. The lowest BCUT2D eigenvalue weighted by molar-refractivity contribution is 0.523. The molecule has 27 heavy (non-hydrogen) atoms. The number of nitrogens with one attached hydrogen (secondary N) is 2. The largest absolute Gasteiger partial charge is 0.459 e. The minimum atomic E-state index is 0.422. The number of nitrogens with zero attached hydrogens (tertiary/aromatic N) is 2. The summed E-state index contributed by atoms with van der Waals surface area (Å²) in [4.78, 5) is 0. The standard InChI is InChI=1S/C19H14Cl2N4OS/c20-13-6-8-16(21)15(10-13)17-9-7-14(26-17)11-22-25-18(23-24-19(25)27)12-4-2-1-3-5-12/h1-10,22H,11H2,(H,24,27). The summed E-state index contributed by atoms with van der Waals surface area (Å²) in [6, 6.07) is 18.8. The van der Waals surface area contributed by atoms with Gasteiger partial charge in [0.25, 0.3) is 0 Å². The molecule has 8 heteroatoms. The third-order valence-electron chi connectivity index (χ3n) is 3.97. The average Bonchev–Trinajstić information content (AvgIpc) is 3.29. The maximum Gasteiger partial charge on any atom is 0.214 e. The van der Waals surface area contributed by atoms with Crippen molar-refractivity contribution in [3.05, 3.63) is 81.2 Å². The van der Waals surface area contributed by atoms with Gasteiger partial charge < -0.3 is 9.84 Å². The molecule has 0 saturated carbocycles. The first kappa shape index (κ1) is 17.9. The highest BCUT2D eigenvalue weighted by Crippen LogP contribution is 2.31. The molecule has 2 aromatic heterocycles. The van der Waals surface area contributed by atoms with Gasteiger partial charge in [-0.3, -0.25) is 0 Å². The molecule has 0 spiro atoms. The number of aromatic nitrogens is 3. The maximum atomic E-state index is 6.24. The zero-order valence-electron chi connectivity index (χ0n) is 13.9. The number of halogens is 2. The molecule has 0 amide bonds. The van der Waals surface area contributed by atoms with E-state index in [0.717, 1.165) is 16.9 Å². The van der Waals surface area contributed by atoms with Crippen molar-refractivity contribution in [1.82, 2.24) is 14.9 Å². The Kier molecular flexibility index (Phi) is 5.03. The summed E-state index contributed by atoms with van der Waals surface area (Å²) >= 11 is 17.6. The summed E-state index contributed by atoms with van der Waals surface area (Å²) in [6.07, 6.45) is 0. The Hall–Kier alpha value is -2.54. The van der Waals surface area contributed by atoms with Gasteiger partial charge in [0.1, 0.15) is 11.5 Å². The van der Waals surface area contributed by atoms with Crippen molar-refractivity contribution in [3.8, 4) is 22.7 Å². The molecule has 136 valence electrons. The summed E-state index contributed by atoms with van der Waals surface area (Å²) < 4.78 is 8.10. The smallest absolute Gasteiger partial charge is 0.214 e. The number of benzene rings is 2. The van der Waals surface area contributed by atoms with Gasteiger partial charge in [0.15, 0.2) is 5.82 Å². The number of hydrogen-bond donors (Lipinski definition) is 2. The van der Waals surface area contributed by atoms with Crippen molar-refractivity contribution in [2.45, 2.75) is 6.54 Å². The van der Waals surface area contributed by atoms with Crippen LogP contribution in [0.1, 0.15) is 5.76 Å². The molecule has 0 atom stereocenters. The van der Waals surface area contributed by atoms with Gasteiger partial charge in [0.05, 0.1) is 11.6 Å². The zero-order chi connectivity index (χ0) is 18.8. The van der Waals surface area contributed by atoms with E-state index in [-0.39, 0.29) is 0 Å². The summed E-state index contributed by atoms with van der Waals surface area (Å²) in [5.41, 5.74) is 4.93. The Morgan fingerprint density at radius 2 is 1.89 bits per heavy atom. The normalized spacial score (nSPS) is 10.9. The molecule has 4 aromatic rings. The van der Waals surface area contributed by atoms with Gasteiger partial charge in [0.2, 0.25) is 4.77 Å². The Balaban J connectivity index is 1.56. The Bertz CT molecular complexity index is 1130. The predicted octanol–water partition coefficient (Wildman–Crippen LogP) is 5.92. The van der Waals surface area contributed by atoms with E-state index in [1.807, 2.05) is 42.5 Å². The summed E-state index contributed by atoms with van der Waals surface area (Å²) in [6.45, 7) is 0.422. The predicted molar refractivity (Wildman–Crippen MR) is 110 cm³/mol. The molecule has 0 aliphatic rings. The van der Waals surface area contributed by atoms with Crippen molar-refractivity contribution < 1.29 is 4.42 Å². The fraction of sp³-hybridized carbons (Fsp3) is 0.0526. The average molecular weight is 417 g/mol. The van der Waals surface area contributed by atoms with Gasteiger partial charge in [-0.25, -0.2) is 9.77 Å². The number of H-pyrrole nitrogens is 1. The van der Waals surface area contributed by atoms with Crippen molar-refractivity contribution in [2.75, 3.05) is 5.43 Å². The monoisotopic (exact) mass is 416 g/mol. The fourth-order valence-corrected chi connectivity index (χ4v) is 3.26. The van der Waals surface area contributed by atoms with Gasteiger partial charge in [0, 0.05) is 16.1 Å². The van der Waals surface area contributed by atoms with Crippen LogP contribution in [0.4, 0.5) is 0 Å². The first-order valence-electron chi connectivity index (χ1n) is 8.12. The van der Waals surface area contributed by atoms with E-state index in [4.69, 9.17) is 39.8 Å². The second-order valence-corrected chi connectivity index (χ2v) is 7.01. The minimum Gasteiger partial charge on any atom is -0.459 e. The highest BCUT2D eigenvalue weighted by atomic mass is 35.5. The number of furan rings is 1. The van der Waals surface area contributed by atoms with E-state index in [2.05, 4.69) is 15.6 Å². The van der Waals surface area contributed by atoms with Crippen LogP contribution in [0.5, 0.6) is 0 Å². The van der Waals surface area contributed by atoms with Crippen molar-refractivity contribution in [3.63, 3.8) is 0 Å². The van der Waals surface area contributed by atoms with Gasteiger partial charge in [-0.05, 0) is 42.5 Å². The van der Waals surface area contributed by atoms with E-state index in [1.165, 1.54) is 0 Å². The lowest BCUT2D eigenvalue weighted by atomic mass is 10.2. The first-order valence-corrected chi connectivity index (χ1v) is 9.29. The van der Waals surface area contributed by atoms with Crippen LogP contribution in [0.2, 0.25) is 10.0 Å². The van der Waals surface area contributed by atoms with Crippen molar-refractivity contribution in [1.29, 1.82) is 0 Å². The molecular formula is C19H14Cl2N4OS. The molecular weight excluding hydrogens is 403 g/mol. The molecule has 2 N–H and O–H groups in total. The summed E-state index contributed by atoms with van der Waals surface area (Å²) in [5, 5.41) is 8.28. The van der Waals surface area contributed by atoms with E-state index < -0.39 is 0 Å². The molecule has 5 nitrogen and oxygen atoms in total. The molecule has 0 unspecified atom stereocenters. The summed E-state index contributed by atoms with van der Waals surface area (Å²) in [5.74, 6) is 2.08. The number of hydrogen-bond acceptors (Lipinski definition) is 4. The Morgan fingerprint density at radius 3 is 2.70 bits per heavy atom. The molecule has 2 aromatic carbocycles. The third kappa shape index (κ3) is 3.78. The van der Waals surface area contributed by atoms with E-state index >= 15 is 0 Å². The minimum absolute atomic E-state index is 0.422. The third-order valence-corrected chi connectivity index (χ3v) is 4.81. The highest BCUT2D eigenvalue weighted by Gasteiger charge is 2.11. The highest BCUT2D eigenvalue weighted by molar-refractivity contribution is 7.71. The second-order valence-electron chi connectivity index (χ2n) is 5.78. The van der Waals surface area contributed by atoms with Crippen LogP contribution in [0.3, 0.4) is 0 Å². The van der Waals surface area contributed by atoms with Crippen LogP contribution >= 0.6 is 35.4 Å². The number of rotatable bonds is 5. The van der Waals surface area contributed by atoms with Gasteiger partial charge in [-0.15, -0.1) is 0 Å². The van der Waals surface area contributed by atoms with E-state index in [1.54, 1.807) is 22.9 Å². The van der Waals surface area contributed by atoms with Crippen LogP contribution in [0, 0.1) is 4.77 Å². The molecule has 0 aliphatic heterocycles. The van der Waals surface area contributed by atoms with Gasteiger partial charge >= 0.3 is 0 Å². The van der Waals surface area contributed by atoms with Crippen LogP contribution in [0.15, 0.2) is 65.1 Å². The van der Waals surface area contributed by atoms with Crippen LogP contribution in [0.25, 0.3) is 22.7 Å². The second kappa shape index (κ2) is 7.60. The van der Waals surface area contributed by atoms with E-state index in [0.29, 0.717) is 32.9 Å². The van der Waals surface area contributed by atoms with Gasteiger partial charge in [-0.1, -0.05) is 53.5 Å². The van der Waals surface area contributed by atoms with Crippen LogP contribution < -0.4 is 5.43 Å². The zero-order valence-corrected chi connectivity index (χ0v) is 16.3. The Morgan fingerprint density at radius 1 is 1.07 bits per heavy atom. The lowest BCUT2D eigenvalue weighted by Crippen LogP contribution is -2.15. The lowest BCUT2D eigenvalue weighted by Gasteiger charge is -2.08. The fourth-order valence-electron chi connectivity index (χ4n) is 2.69. The topological polar surface area (TPSA) is 58.8 Å². The molecule has 2 heterocycles. The van der Waals surface area contributed by atoms with Crippen molar-refractivity contribution in [2.24, 2.45) is 0 Å². The molecule has 0 aliphatic carbocycles. The maximum absolute atomic E-state index is 6.24. The van der Waals surface area contributed by atoms with Crippen LogP contribution in [-0.2, 0) is 6.54 Å². The SMILES string of the molecule is S=c1[nH]nc(-c2ccccc2)n1NCc1ccc(-c2cc(Cl)ccc2Cl)o1. The molecule has 4 rings (SSSR count). The van der Waals surface area contributed by atoms with Gasteiger partial charge in [-0.2, -0.15) is 5.10 Å². The quantitative estimate of drug-likeness (QED) is 0.396. The van der Waals surface area contributed by atoms with E-state index in [9.17, 15) is 0 Å². The first-order chi connectivity index (χ1) is 13.1. The molecule has 0 radical (unpaired) electrons. The molecule has 0 saturated heterocycles. The van der Waals surface area contributed by atoms with Crippen LogP contribution in [-0.4, -0.2) is 14.9 Å². The number of aromatic amines is 1. The van der Waals surface area contributed by atoms with Crippen molar-refractivity contribution >= 4 is 35.4 Å².